The molecule has 3 nitrogen and oxygen atoms in total. The fraction of sp³-hybridized carbons (Fsp3) is 0.214. The van der Waals surface area contributed by atoms with Crippen molar-refractivity contribution in [2.75, 3.05) is 11.1 Å². The summed E-state index contributed by atoms with van der Waals surface area (Å²) in [5.41, 5.74) is 7.81. The van der Waals surface area contributed by atoms with Gasteiger partial charge in [-0.1, -0.05) is 12.1 Å². The minimum atomic E-state index is 0.278. The molecule has 0 fully saturated rings. The molecule has 4 heteroatoms. The molecule has 0 aliphatic carbocycles. The van der Waals surface area contributed by atoms with Gasteiger partial charge in [0.1, 0.15) is 6.07 Å². The number of nitrogens with zero attached hydrogens (tertiary/aromatic N) is 1. The van der Waals surface area contributed by atoms with Gasteiger partial charge in [0, 0.05) is 17.3 Å². The molecular weight excluding hydrogens is 242 g/mol. The Morgan fingerprint density at radius 3 is 2.89 bits per heavy atom. The van der Waals surface area contributed by atoms with Gasteiger partial charge in [-0.3, -0.25) is 0 Å². The van der Waals surface area contributed by atoms with Gasteiger partial charge in [-0.25, -0.2) is 0 Å². The van der Waals surface area contributed by atoms with E-state index in [0.717, 1.165) is 12.1 Å². The quantitative estimate of drug-likeness (QED) is 0.826. The topological polar surface area (TPSA) is 61.8 Å². The van der Waals surface area contributed by atoms with Gasteiger partial charge < -0.3 is 11.1 Å². The number of anilines is 2. The lowest BCUT2D eigenvalue weighted by Gasteiger charge is -2.16. The van der Waals surface area contributed by atoms with Crippen LogP contribution in [0.3, 0.4) is 0 Å². The number of thiophene rings is 1. The molecule has 1 aromatic carbocycles. The minimum Gasteiger partial charge on any atom is -0.396 e. The Morgan fingerprint density at radius 1 is 1.39 bits per heavy atom. The second-order valence-corrected chi connectivity index (χ2v) is 5.24. The highest BCUT2D eigenvalue weighted by atomic mass is 32.1. The fourth-order valence-corrected chi connectivity index (χ4v) is 2.67. The predicted octanol–water partition coefficient (Wildman–Crippen LogP) is 3.25. The highest BCUT2D eigenvalue weighted by Crippen LogP contribution is 2.23. The van der Waals surface area contributed by atoms with Crippen LogP contribution in [0.1, 0.15) is 17.4 Å². The van der Waals surface area contributed by atoms with Crippen LogP contribution in [-0.2, 0) is 6.42 Å². The van der Waals surface area contributed by atoms with E-state index < -0.39 is 0 Å². The first kappa shape index (κ1) is 12.5. The predicted molar refractivity (Wildman–Crippen MR) is 76.7 cm³/mol. The molecule has 1 atom stereocenters. The van der Waals surface area contributed by atoms with Crippen molar-refractivity contribution in [3.8, 4) is 6.07 Å². The SMILES string of the molecule is CC(Cc1cccs1)Nc1cccc(C#N)c1N. The van der Waals surface area contributed by atoms with Crippen molar-refractivity contribution in [2.45, 2.75) is 19.4 Å². The smallest absolute Gasteiger partial charge is 0.101 e. The number of nitrogens with two attached hydrogens (primary N) is 1. The summed E-state index contributed by atoms with van der Waals surface area (Å²) in [6.07, 6.45) is 0.952. The van der Waals surface area contributed by atoms with Gasteiger partial charge in [0.2, 0.25) is 0 Å². The van der Waals surface area contributed by atoms with Gasteiger partial charge in [0.25, 0.3) is 0 Å². The zero-order valence-electron chi connectivity index (χ0n) is 10.2. The third-order valence-corrected chi connectivity index (χ3v) is 3.61. The van der Waals surface area contributed by atoms with E-state index in [1.165, 1.54) is 4.88 Å². The summed E-state index contributed by atoms with van der Waals surface area (Å²) in [5.74, 6) is 0. The molecule has 0 aliphatic rings. The summed E-state index contributed by atoms with van der Waals surface area (Å²) < 4.78 is 0. The molecule has 2 rings (SSSR count). The zero-order valence-corrected chi connectivity index (χ0v) is 11.0. The molecule has 0 radical (unpaired) electrons. The highest BCUT2D eigenvalue weighted by Gasteiger charge is 2.08. The van der Waals surface area contributed by atoms with E-state index in [1.54, 1.807) is 17.4 Å². The first-order valence-corrected chi connectivity index (χ1v) is 6.66. The average Bonchev–Trinajstić information content (AvgIpc) is 2.84. The number of hydrogen-bond acceptors (Lipinski definition) is 4. The Labute approximate surface area is 111 Å². The van der Waals surface area contributed by atoms with E-state index in [2.05, 4.69) is 35.8 Å². The van der Waals surface area contributed by atoms with E-state index in [9.17, 15) is 0 Å². The highest BCUT2D eigenvalue weighted by molar-refractivity contribution is 7.09. The fourth-order valence-electron chi connectivity index (χ4n) is 1.84. The van der Waals surface area contributed by atoms with E-state index in [4.69, 9.17) is 11.0 Å². The molecule has 3 N–H and O–H groups in total. The van der Waals surface area contributed by atoms with Gasteiger partial charge in [-0.15, -0.1) is 11.3 Å². The third-order valence-electron chi connectivity index (χ3n) is 2.72. The molecule has 0 bridgehead atoms. The molecule has 0 spiro atoms. The molecule has 92 valence electrons. The summed E-state index contributed by atoms with van der Waals surface area (Å²) in [7, 11) is 0. The number of nitrogen functional groups attached to an aromatic ring is 1. The molecule has 0 saturated heterocycles. The molecular formula is C14H15N3S. The zero-order chi connectivity index (χ0) is 13.0. The number of nitrogens with one attached hydrogen (secondary N) is 1. The Morgan fingerprint density at radius 2 is 2.22 bits per heavy atom. The van der Waals surface area contributed by atoms with Crippen molar-refractivity contribution in [1.29, 1.82) is 5.26 Å². The molecule has 1 heterocycles. The number of hydrogen-bond donors (Lipinski definition) is 2. The number of para-hydroxylation sites is 1. The van der Waals surface area contributed by atoms with Crippen molar-refractivity contribution >= 4 is 22.7 Å². The molecule has 0 amide bonds. The van der Waals surface area contributed by atoms with Crippen LogP contribution in [0.5, 0.6) is 0 Å². The van der Waals surface area contributed by atoms with E-state index in [-0.39, 0.29) is 6.04 Å². The van der Waals surface area contributed by atoms with Gasteiger partial charge >= 0.3 is 0 Å². The summed E-state index contributed by atoms with van der Waals surface area (Å²) in [4.78, 5) is 1.34. The molecule has 0 aliphatic heterocycles. The van der Waals surface area contributed by atoms with E-state index >= 15 is 0 Å². The van der Waals surface area contributed by atoms with Crippen LogP contribution >= 0.6 is 11.3 Å². The van der Waals surface area contributed by atoms with E-state index in [1.807, 2.05) is 12.1 Å². The van der Waals surface area contributed by atoms with E-state index in [0.29, 0.717) is 11.3 Å². The summed E-state index contributed by atoms with van der Waals surface area (Å²) in [5, 5.41) is 14.4. The molecule has 18 heavy (non-hydrogen) atoms. The Kier molecular flexibility index (Phi) is 3.85. The summed E-state index contributed by atoms with van der Waals surface area (Å²) in [6, 6.07) is 12.0. The first-order valence-electron chi connectivity index (χ1n) is 5.78. The Bertz CT molecular complexity index is 555. The maximum Gasteiger partial charge on any atom is 0.101 e. The van der Waals surface area contributed by atoms with Gasteiger partial charge in [-0.2, -0.15) is 5.26 Å². The summed E-state index contributed by atoms with van der Waals surface area (Å²) >= 11 is 1.75. The maximum atomic E-state index is 8.93. The first-order chi connectivity index (χ1) is 8.70. The molecule has 0 saturated carbocycles. The Hall–Kier alpha value is -1.99. The van der Waals surface area contributed by atoms with Crippen LogP contribution in [0.15, 0.2) is 35.7 Å². The minimum absolute atomic E-state index is 0.278. The van der Waals surface area contributed by atoms with Crippen LogP contribution in [0, 0.1) is 11.3 Å². The van der Waals surface area contributed by atoms with Crippen molar-refractivity contribution in [3.63, 3.8) is 0 Å². The Balaban J connectivity index is 2.08. The van der Waals surface area contributed by atoms with Crippen LogP contribution in [0.25, 0.3) is 0 Å². The van der Waals surface area contributed by atoms with Crippen LogP contribution < -0.4 is 11.1 Å². The van der Waals surface area contributed by atoms with Gasteiger partial charge in [-0.05, 0) is 30.5 Å². The molecule has 1 unspecified atom stereocenters. The second-order valence-electron chi connectivity index (χ2n) is 4.21. The number of nitriles is 1. The normalized spacial score (nSPS) is 11.8. The summed E-state index contributed by atoms with van der Waals surface area (Å²) in [6.45, 7) is 2.11. The number of benzene rings is 1. The van der Waals surface area contributed by atoms with Crippen molar-refractivity contribution < 1.29 is 0 Å². The largest absolute Gasteiger partial charge is 0.396 e. The monoisotopic (exact) mass is 257 g/mol. The third kappa shape index (κ3) is 2.82. The molecule has 2 aromatic rings. The van der Waals surface area contributed by atoms with Crippen LogP contribution in [0.2, 0.25) is 0 Å². The van der Waals surface area contributed by atoms with Gasteiger partial charge in [0.05, 0.1) is 16.9 Å². The van der Waals surface area contributed by atoms with Crippen LogP contribution in [-0.4, -0.2) is 6.04 Å². The molecule has 1 aromatic heterocycles. The van der Waals surface area contributed by atoms with Gasteiger partial charge in [0.15, 0.2) is 0 Å². The van der Waals surface area contributed by atoms with Crippen molar-refractivity contribution in [1.82, 2.24) is 0 Å². The maximum absolute atomic E-state index is 8.93. The lowest BCUT2D eigenvalue weighted by Crippen LogP contribution is -2.18. The lowest BCUT2D eigenvalue weighted by atomic mass is 10.1. The second kappa shape index (κ2) is 5.56. The van der Waals surface area contributed by atoms with Crippen molar-refractivity contribution in [3.05, 3.63) is 46.2 Å². The van der Waals surface area contributed by atoms with Crippen LogP contribution in [0.4, 0.5) is 11.4 Å². The standard InChI is InChI=1S/C14H15N3S/c1-10(8-12-5-3-7-18-12)17-13-6-2-4-11(9-15)14(13)16/h2-7,10,17H,8,16H2,1H3. The van der Waals surface area contributed by atoms with Crippen molar-refractivity contribution in [2.24, 2.45) is 0 Å². The average molecular weight is 257 g/mol. The number of rotatable bonds is 4. The lowest BCUT2D eigenvalue weighted by molar-refractivity contribution is 0.801.